The van der Waals surface area contributed by atoms with Crippen molar-refractivity contribution in [3.05, 3.63) is 60.8 Å². The van der Waals surface area contributed by atoms with E-state index in [1.807, 2.05) is 6.08 Å². The van der Waals surface area contributed by atoms with Crippen LogP contribution in [0.25, 0.3) is 0 Å². The Balaban J connectivity index is 1.38. The van der Waals surface area contributed by atoms with E-state index in [0.29, 0.717) is 12.8 Å². The maximum atomic E-state index is 13.5. The van der Waals surface area contributed by atoms with E-state index >= 15 is 0 Å². The summed E-state index contributed by atoms with van der Waals surface area (Å²) in [6.45, 7) is 1.73. The fourth-order valence-corrected chi connectivity index (χ4v) is 13.3. The molecule has 3 fully saturated rings. The topological polar surface area (TPSA) is 307 Å². The molecule has 19 heteroatoms. The van der Waals surface area contributed by atoms with E-state index in [4.69, 9.17) is 28.4 Å². The Morgan fingerprint density at radius 1 is 0.364 bits per heavy atom. The zero-order chi connectivity index (χ0) is 71.8. The van der Waals surface area contributed by atoms with E-state index < -0.39 is 124 Å². The van der Waals surface area contributed by atoms with E-state index in [1.54, 1.807) is 6.08 Å². The van der Waals surface area contributed by atoms with E-state index in [-0.39, 0.29) is 18.9 Å². The lowest BCUT2D eigenvalue weighted by molar-refractivity contribution is -0.379. The van der Waals surface area contributed by atoms with Gasteiger partial charge in [0, 0.05) is 6.42 Å². The van der Waals surface area contributed by atoms with Gasteiger partial charge in [-0.15, -0.1) is 0 Å². The van der Waals surface area contributed by atoms with Crippen molar-refractivity contribution in [2.75, 3.05) is 26.4 Å². The quantitative estimate of drug-likeness (QED) is 0.0199. The minimum Gasteiger partial charge on any atom is -0.394 e. The van der Waals surface area contributed by atoms with Crippen LogP contribution in [0.5, 0.6) is 0 Å². The SMILES string of the molecule is CCCCCCC/C=C\C/C=C\CCCCCCCCCCCCCCCCCCCCCC(=O)NC(COC1OC(CO)C(OC2OC(CO)C(OC3OC(CO)C(O)C(O)C3O)C(O)C2O)C(O)C1O)C(O)/C=C/CC/C=C/CC/C=C/CCCCCCCCCCCCCCC. The van der Waals surface area contributed by atoms with Gasteiger partial charge >= 0.3 is 0 Å². The molecule has 0 radical (unpaired) electrons. The molecule has 19 nitrogen and oxygen atoms in total. The summed E-state index contributed by atoms with van der Waals surface area (Å²) in [5.74, 6) is -0.286. The lowest BCUT2D eigenvalue weighted by atomic mass is 9.96. The number of ether oxygens (including phenoxy) is 6. The molecule has 0 aromatic heterocycles. The Kier molecular flexibility index (Phi) is 55.6. The molecule has 3 heterocycles. The zero-order valence-electron chi connectivity index (χ0n) is 61.7. The van der Waals surface area contributed by atoms with Gasteiger partial charge in [-0.1, -0.05) is 286 Å². The Bertz CT molecular complexity index is 2020. The van der Waals surface area contributed by atoms with Crippen LogP contribution in [0.15, 0.2) is 60.8 Å². The number of carbonyl (C=O) groups excluding carboxylic acids is 1. The highest BCUT2D eigenvalue weighted by atomic mass is 16.8. The Labute approximate surface area is 598 Å². The Morgan fingerprint density at radius 3 is 1.07 bits per heavy atom. The maximum absolute atomic E-state index is 13.5. The molecule has 3 aliphatic heterocycles. The van der Waals surface area contributed by atoms with Crippen LogP contribution in [-0.2, 0) is 33.2 Å². The number of hydrogen-bond donors (Lipinski definition) is 12. The third kappa shape index (κ3) is 41.1. The summed E-state index contributed by atoms with van der Waals surface area (Å²) in [6, 6.07) is -0.999. The first-order chi connectivity index (χ1) is 48.3. The molecular weight excluding hydrogens is 1260 g/mol. The monoisotopic (exact) mass is 1410 g/mol. The predicted octanol–water partition coefficient (Wildman–Crippen LogP) is 13.1. The molecule has 0 bridgehead atoms. The molecular formula is C80H145NO18. The summed E-state index contributed by atoms with van der Waals surface area (Å²) in [5, 5.41) is 121. The van der Waals surface area contributed by atoms with Crippen molar-refractivity contribution in [1.82, 2.24) is 5.32 Å². The second kappa shape index (κ2) is 60.7. The molecule has 0 aliphatic carbocycles. The highest BCUT2D eigenvalue weighted by Gasteiger charge is 2.54. The van der Waals surface area contributed by atoms with Gasteiger partial charge in [-0.2, -0.15) is 0 Å². The van der Waals surface area contributed by atoms with Gasteiger partial charge in [-0.05, 0) is 77.0 Å². The molecule has 0 saturated carbocycles. The molecule has 578 valence electrons. The highest BCUT2D eigenvalue weighted by molar-refractivity contribution is 5.76. The third-order valence-corrected chi connectivity index (χ3v) is 19.8. The fraction of sp³-hybridized carbons (Fsp3) is 0.863. The summed E-state index contributed by atoms with van der Waals surface area (Å²) in [4.78, 5) is 13.5. The first-order valence-electron chi connectivity index (χ1n) is 40.0. The summed E-state index contributed by atoms with van der Waals surface area (Å²) in [7, 11) is 0. The van der Waals surface area contributed by atoms with Crippen molar-refractivity contribution in [2.45, 2.75) is 413 Å². The minimum absolute atomic E-state index is 0.233. The molecule has 17 unspecified atom stereocenters. The average Bonchev–Trinajstić information content (AvgIpc) is 0.577. The molecule has 1 amide bonds. The van der Waals surface area contributed by atoms with E-state index in [2.05, 4.69) is 67.8 Å². The lowest BCUT2D eigenvalue weighted by Crippen LogP contribution is -2.66. The number of aliphatic hydroxyl groups is 11. The smallest absolute Gasteiger partial charge is 0.220 e. The highest BCUT2D eigenvalue weighted by Crippen LogP contribution is 2.33. The first-order valence-corrected chi connectivity index (χ1v) is 40.0. The van der Waals surface area contributed by atoms with Gasteiger partial charge in [0.1, 0.15) is 73.2 Å². The molecule has 0 aromatic rings. The van der Waals surface area contributed by atoms with Crippen LogP contribution in [-0.4, -0.2) is 193 Å². The van der Waals surface area contributed by atoms with Crippen molar-refractivity contribution < 1.29 is 89.4 Å². The minimum atomic E-state index is -1.98. The molecule has 12 N–H and O–H groups in total. The summed E-state index contributed by atoms with van der Waals surface area (Å²) in [6.07, 6.45) is 50.7. The van der Waals surface area contributed by atoms with Crippen LogP contribution >= 0.6 is 0 Å². The number of hydrogen-bond acceptors (Lipinski definition) is 18. The second-order valence-electron chi connectivity index (χ2n) is 28.5. The number of amides is 1. The standard InChI is InChI=1S/C80H145NO18/c1-3-5-7-9-11-13-15-17-19-21-23-25-27-28-29-30-31-32-33-34-36-38-40-42-44-46-48-50-52-54-56-58-68(86)81-63(64(85)57-55-53-51-49-47-45-43-41-39-37-35-26-24-22-20-18-16-14-12-10-8-6-4-2)62-94-78-74(92)71(89)76(66(60-83)96-78)99-80-75(93)72(90)77(67(61-84)97-80)98-79-73(91)70(88)69(87)65(59-82)95-79/h15,17,21,23,39,41,47,49,55,57,63-67,69-80,82-85,87-93H,3-14,16,18-20,22,24-38,40,42-46,48,50-54,56,58-62H2,1-2H3,(H,81,86)/b17-15-,23-21-,41-39+,49-47+,57-55+. The van der Waals surface area contributed by atoms with Crippen molar-refractivity contribution in [3.63, 3.8) is 0 Å². The molecule has 3 aliphatic rings. The van der Waals surface area contributed by atoms with Crippen molar-refractivity contribution >= 4 is 5.91 Å². The first kappa shape index (κ1) is 90.7. The van der Waals surface area contributed by atoms with Crippen LogP contribution in [0, 0.1) is 0 Å². The summed E-state index contributed by atoms with van der Waals surface area (Å²) < 4.78 is 34.4. The van der Waals surface area contributed by atoms with E-state index in [9.17, 15) is 61.0 Å². The van der Waals surface area contributed by atoms with Gasteiger partial charge in [0.2, 0.25) is 5.91 Å². The van der Waals surface area contributed by atoms with Crippen molar-refractivity contribution in [3.8, 4) is 0 Å². The normalized spacial score (nSPS) is 26.9. The van der Waals surface area contributed by atoms with Gasteiger partial charge in [0.25, 0.3) is 0 Å². The number of allylic oxidation sites excluding steroid dienone is 9. The van der Waals surface area contributed by atoms with Crippen LogP contribution in [0.3, 0.4) is 0 Å². The van der Waals surface area contributed by atoms with Crippen LogP contribution in [0.4, 0.5) is 0 Å². The largest absolute Gasteiger partial charge is 0.394 e. The average molecular weight is 1410 g/mol. The third-order valence-electron chi connectivity index (χ3n) is 19.8. The molecule has 0 aromatic carbocycles. The number of nitrogens with one attached hydrogen (secondary N) is 1. The lowest BCUT2D eigenvalue weighted by Gasteiger charge is -2.48. The van der Waals surface area contributed by atoms with Crippen LogP contribution < -0.4 is 5.32 Å². The van der Waals surface area contributed by atoms with E-state index in [1.165, 1.54) is 225 Å². The number of rotatable bonds is 63. The van der Waals surface area contributed by atoms with Crippen molar-refractivity contribution in [2.24, 2.45) is 0 Å². The Hall–Kier alpha value is -2.51. The molecule has 99 heavy (non-hydrogen) atoms. The fourth-order valence-electron chi connectivity index (χ4n) is 13.3. The van der Waals surface area contributed by atoms with Gasteiger partial charge in [-0.3, -0.25) is 4.79 Å². The van der Waals surface area contributed by atoms with Gasteiger partial charge in [0.05, 0.1) is 38.6 Å². The molecule has 17 atom stereocenters. The number of aliphatic hydroxyl groups excluding tert-OH is 11. The van der Waals surface area contributed by atoms with Crippen LogP contribution in [0.2, 0.25) is 0 Å². The Morgan fingerprint density at radius 2 is 0.677 bits per heavy atom. The van der Waals surface area contributed by atoms with Gasteiger partial charge in [-0.25, -0.2) is 0 Å². The molecule has 3 saturated heterocycles. The summed E-state index contributed by atoms with van der Waals surface area (Å²) in [5.41, 5.74) is 0. The molecule has 3 rings (SSSR count). The van der Waals surface area contributed by atoms with Crippen LogP contribution in [0.1, 0.15) is 309 Å². The predicted molar refractivity (Wildman–Crippen MR) is 392 cm³/mol. The number of carbonyl (C=O) groups is 1. The summed E-state index contributed by atoms with van der Waals surface area (Å²) >= 11 is 0. The van der Waals surface area contributed by atoms with Gasteiger partial charge in [0.15, 0.2) is 18.9 Å². The molecule has 0 spiro atoms. The van der Waals surface area contributed by atoms with Crippen molar-refractivity contribution in [1.29, 1.82) is 0 Å². The number of unbranched alkanes of at least 4 members (excludes halogenated alkanes) is 39. The van der Waals surface area contributed by atoms with E-state index in [0.717, 1.165) is 51.4 Å². The maximum Gasteiger partial charge on any atom is 0.220 e. The van der Waals surface area contributed by atoms with Gasteiger partial charge < -0.3 is 89.9 Å². The second-order valence-corrected chi connectivity index (χ2v) is 28.5. The zero-order valence-corrected chi connectivity index (χ0v) is 61.7.